The molecule has 88 valence electrons. The van der Waals surface area contributed by atoms with Crippen molar-refractivity contribution in [3.8, 4) is 0 Å². The molecule has 2 fully saturated rings. The average Bonchev–Trinajstić information content (AvgIpc) is 2.79. The Hall–Kier alpha value is 0.620. The number of thioether (sulfide) groups is 2. The van der Waals surface area contributed by atoms with Gasteiger partial charge in [0.15, 0.2) is 0 Å². The molecule has 2 aliphatic rings. The summed E-state index contributed by atoms with van der Waals surface area (Å²) in [6.45, 7) is 2.06. The topological polar surface area (TPSA) is 21.3 Å². The number of nitrogens with one attached hydrogen (secondary N) is 1. The number of ether oxygens (including phenoxy) is 1. The first-order chi connectivity index (χ1) is 7.45. The molecule has 0 amide bonds. The van der Waals surface area contributed by atoms with Crippen LogP contribution in [-0.4, -0.2) is 41.9 Å². The van der Waals surface area contributed by atoms with Crippen LogP contribution >= 0.6 is 23.5 Å². The van der Waals surface area contributed by atoms with Crippen molar-refractivity contribution in [1.29, 1.82) is 0 Å². The van der Waals surface area contributed by atoms with Gasteiger partial charge >= 0.3 is 0 Å². The summed E-state index contributed by atoms with van der Waals surface area (Å²) < 4.78 is 5.52. The van der Waals surface area contributed by atoms with Gasteiger partial charge < -0.3 is 4.74 Å². The normalized spacial score (nSPS) is 28.4. The predicted molar refractivity (Wildman–Crippen MR) is 69.8 cm³/mol. The predicted octanol–water partition coefficient (Wildman–Crippen LogP) is 2.34. The molecule has 4 heteroatoms. The lowest BCUT2D eigenvalue weighted by Gasteiger charge is -2.21. The van der Waals surface area contributed by atoms with Crippen LogP contribution in [0.2, 0.25) is 0 Å². The van der Waals surface area contributed by atoms with Crippen molar-refractivity contribution in [2.24, 2.45) is 0 Å². The molecular weight excluding hydrogens is 226 g/mol. The third-order valence-corrected chi connectivity index (χ3v) is 5.36. The molecule has 15 heavy (non-hydrogen) atoms. The lowest BCUT2D eigenvalue weighted by molar-refractivity contribution is 0.0861. The van der Waals surface area contributed by atoms with Gasteiger partial charge in [-0.3, -0.25) is 5.32 Å². The Labute approximate surface area is 101 Å². The van der Waals surface area contributed by atoms with Crippen LogP contribution in [0, 0.1) is 0 Å². The highest BCUT2D eigenvalue weighted by molar-refractivity contribution is 8.01. The summed E-state index contributed by atoms with van der Waals surface area (Å²) in [5, 5.41) is 4.40. The van der Waals surface area contributed by atoms with E-state index in [0.717, 1.165) is 18.4 Å². The van der Waals surface area contributed by atoms with Gasteiger partial charge in [-0.2, -0.15) is 23.5 Å². The van der Waals surface area contributed by atoms with Crippen LogP contribution < -0.4 is 5.32 Å². The van der Waals surface area contributed by atoms with Crippen LogP contribution in [0.1, 0.15) is 25.7 Å². The molecule has 0 bridgehead atoms. The minimum absolute atomic E-state index is 0.354. The van der Waals surface area contributed by atoms with Gasteiger partial charge in [-0.25, -0.2) is 0 Å². The van der Waals surface area contributed by atoms with Crippen molar-refractivity contribution < 1.29 is 4.74 Å². The van der Waals surface area contributed by atoms with E-state index < -0.39 is 0 Å². The van der Waals surface area contributed by atoms with Crippen LogP contribution in [0.3, 0.4) is 0 Å². The highest BCUT2D eigenvalue weighted by Gasteiger charge is 2.15. The van der Waals surface area contributed by atoms with Crippen LogP contribution in [0.4, 0.5) is 0 Å². The quantitative estimate of drug-likeness (QED) is 0.753. The fourth-order valence-corrected chi connectivity index (χ4v) is 4.57. The van der Waals surface area contributed by atoms with Gasteiger partial charge in [0.1, 0.15) is 6.23 Å². The maximum atomic E-state index is 5.52. The Balaban J connectivity index is 1.47. The summed E-state index contributed by atoms with van der Waals surface area (Å²) in [6.07, 6.45) is 5.60. The first kappa shape index (κ1) is 12.1. The Bertz CT molecular complexity index is 168. The molecule has 0 aromatic carbocycles. The van der Waals surface area contributed by atoms with E-state index in [4.69, 9.17) is 4.74 Å². The van der Waals surface area contributed by atoms with Crippen molar-refractivity contribution in [3.63, 3.8) is 0 Å². The van der Waals surface area contributed by atoms with Crippen LogP contribution in [-0.2, 0) is 4.74 Å². The zero-order valence-corrected chi connectivity index (χ0v) is 10.9. The van der Waals surface area contributed by atoms with Gasteiger partial charge in [-0.05, 0) is 37.2 Å². The number of hydrogen-bond acceptors (Lipinski definition) is 4. The van der Waals surface area contributed by atoms with Crippen molar-refractivity contribution in [1.82, 2.24) is 5.32 Å². The van der Waals surface area contributed by atoms with Gasteiger partial charge in [0, 0.05) is 24.2 Å². The lowest BCUT2D eigenvalue weighted by Crippen LogP contribution is -2.30. The summed E-state index contributed by atoms with van der Waals surface area (Å²) in [4.78, 5) is 0. The second-order valence-electron chi connectivity index (χ2n) is 4.14. The molecule has 0 radical (unpaired) electrons. The molecular formula is C11H21NOS2. The van der Waals surface area contributed by atoms with E-state index in [0.29, 0.717) is 6.23 Å². The molecule has 0 saturated carbocycles. The second-order valence-corrected chi connectivity index (χ2v) is 6.77. The van der Waals surface area contributed by atoms with Crippen LogP contribution in [0.15, 0.2) is 0 Å². The standard InChI is InChI=1S/C11H21NOS2/c1-2-11(13-6-1)12-5-9-15-10-3-7-14-8-4-10/h10-12H,1-9H2. The highest BCUT2D eigenvalue weighted by atomic mass is 32.2. The Morgan fingerprint density at radius 3 is 2.87 bits per heavy atom. The Morgan fingerprint density at radius 2 is 2.13 bits per heavy atom. The monoisotopic (exact) mass is 247 g/mol. The molecule has 2 heterocycles. The molecule has 2 saturated heterocycles. The van der Waals surface area contributed by atoms with Gasteiger partial charge in [-0.1, -0.05) is 0 Å². The molecule has 2 aliphatic heterocycles. The van der Waals surface area contributed by atoms with Crippen molar-refractivity contribution in [2.45, 2.75) is 37.2 Å². The zero-order chi connectivity index (χ0) is 10.3. The van der Waals surface area contributed by atoms with Gasteiger partial charge in [0.05, 0.1) is 0 Å². The van der Waals surface area contributed by atoms with Gasteiger partial charge in [0.25, 0.3) is 0 Å². The minimum Gasteiger partial charge on any atom is -0.363 e. The van der Waals surface area contributed by atoms with Crippen molar-refractivity contribution >= 4 is 23.5 Å². The van der Waals surface area contributed by atoms with Gasteiger partial charge in [0.2, 0.25) is 0 Å². The Morgan fingerprint density at radius 1 is 1.27 bits per heavy atom. The van der Waals surface area contributed by atoms with Crippen molar-refractivity contribution in [2.75, 3.05) is 30.4 Å². The minimum atomic E-state index is 0.354. The number of hydrogen-bond donors (Lipinski definition) is 1. The zero-order valence-electron chi connectivity index (χ0n) is 9.24. The Kier molecular flexibility index (Phi) is 5.68. The highest BCUT2D eigenvalue weighted by Crippen LogP contribution is 2.26. The van der Waals surface area contributed by atoms with E-state index in [1.165, 1.54) is 42.9 Å². The molecule has 1 unspecified atom stereocenters. The van der Waals surface area contributed by atoms with Gasteiger partial charge in [-0.15, -0.1) is 0 Å². The summed E-state index contributed by atoms with van der Waals surface area (Å²) >= 11 is 4.26. The first-order valence-electron chi connectivity index (χ1n) is 5.99. The smallest absolute Gasteiger partial charge is 0.108 e. The summed E-state index contributed by atoms with van der Waals surface area (Å²) in [5.74, 6) is 3.99. The molecule has 0 aromatic rings. The third kappa shape index (κ3) is 4.55. The number of rotatable bonds is 5. The lowest BCUT2D eigenvalue weighted by atomic mass is 10.2. The summed E-state index contributed by atoms with van der Waals surface area (Å²) in [6, 6.07) is 0. The van der Waals surface area contributed by atoms with Crippen LogP contribution in [0.25, 0.3) is 0 Å². The fraction of sp³-hybridized carbons (Fsp3) is 1.00. The maximum Gasteiger partial charge on any atom is 0.108 e. The molecule has 1 N–H and O–H groups in total. The second kappa shape index (κ2) is 7.05. The molecule has 0 aromatic heterocycles. The van der Waals surface area contributed by atoms with E-state index in [-0.39, 0.29) is 0 Å². The molecule has 1 atom stereocenters. The van der Waals surface area contributed by atoms with Crippen molar-refractivity contribution in [3.05, 3.63) is 0 Å². The summed E-state index contributed by atoms with van der Waals surface area (Å²) in [5.41, 5.74) is 0. The maximum absolute atomic E-state index is 5.52. The third-order valence-electron chi connectivity index (χ3n) is 2.93. The molecule has 2 rings (SSSR count). The van der Waals surface area contributed by atoms with E-state index in [1.807, 2.05) is 0 Å². The van der Waals surface area contributed by atoms with Crippen LogP contribution in [0.5, 0.6) is 0 Å². The van der Waals surface area contributed by atoms with E-state index >= 15 is 0 Å². The summed E-state index contributed by atoms with van der Waals surface area (Å²) in [7, 11) is 0. The molecule has 0 spiro atoms. The SMILES string of the molecule is C1COC(NCCSC2CCSCC2)C1. The van der Waals surface area contributed by atoms with E-state index in [1.54, 1.807) is 0 Å². The molecule has 2 nitrogen and oxygen atoms in total. The average molecular weight is 247 g/mol. The first-order valence-corrected chi connectivity index (χ1v) is 8.20. The largest absolute Gasteiger partial charge is 0.363 e. The van der Waals surface area contributed by atoms with E-state index in [2.05, 4.69) is 28.8 Å². The molecule has 0 aliphatic carbocycles. The fourth-order valence-electron chi connectivity index (χ4n) is 2.03. The van der Waals surface area contributed by atoms with E-state index in [9.17, 15) is 0 Å².